The van der Waals surface area contributed by atoms with E-state index in [9.17, 15) is 19.5 Å². The third-order valence-electron chi connectivity index (χ3n) is 6.80. The van der Waals surface area contributed by atoms with Gasteiger partial charge >= 0.3 is 5.97 Å². The van der Waals surface area contributed by atoms with Crippen LogP contribution in [-0.4, -0.2) is 28.7 Å². The lowest BCUT2D eigenvalue weighted by atomic mass is 9.46. The van der Waals surface area contributed by atoms with Crippen molar-refractivity contribution in [1.29, 1.82) is 0 Å². The zero-order valence-corrected chi connectivity index (χ0v) is 15.1. The second-order valence-electron chi connectivity index (χ2n) is 8.86. The van der Waals surface area contributed by atoms with Crippen LogP contribution in [0, 0.1) is 22.7 Å². The smallest absolute Gasteiger partial charge is 0.317 e. The van der Waals surface area contributed by atoms with E-state index in [1.165, 1.54) is 0 Å². The average molecular weight is 344 g/mol. The van der Waals surface area contributed by atoms with Crippen molar-refractivity contribution in [2.45, 2.75) is 59.5 Å². The first-order chi connectivity index (χ1) is 11.6. The third-order valence-corrected chi connectivity index (χ3v) is 6.80. The van der Waals surface area contributed by atoms with Crippen LogP contribution in [0.4, 0.5) is 0 Å². The van der Waals surface area contributed by atoms with E-state index in [1.54, 1.807) is 13.8 Å². The molecule has 25 heavy (non-hydrogen) atoms. The number of ketones is 2. The molecule has 1 spiro atoms. The molecule has 134 valence electrons. The number of Topliss-reactive ketones (excluding diaryl/α,β-unsaturated/α-hetero) is 2. The Morgan fingerprint density at radius 1 is 1.12 bits per heavy atom. The maximum absolute atomic E-state index is 13.1. The van der Waals surface area contributed by atoms with Gasteiger partial charge in [0.1, 0.15) is 17.3 Å². The minimum Gasteiger partial charge on any atom is -0.507 e. The second-order valence-corrected chi connectivity index (χ2v) is 8.86. The SMILES string of the molecule is CC(C)C1=C(O)C2=C(C(=O)C1=O)C13CCCC(C)(C)C1CC2OC3=O. The van der Waals surface area contributed by atoms with Crippen LogP contribution in [0.15, 0.2) is 22.5 Å². The van der Waals surface area contributed by atoms with Crippen molar-refractivity contribution in [3.8, 4) is 0 Å². The molecule has 1 saturated carbocycles. The molecule has 2 aliphatic heterocycles. The second kappa shape index (κ2) is 4.83. The fraction of sp³-hybridized carbons (Fsp3) is 0.650. The van der Waals surface area contributed by atoms with Crippen molar-refractivity contribution >= 4 is 17.5 Å². The predicted octanol–water partition coefficient (Wildman–Crippen LogP) is 3.04. The number of esters is 1. The van der Waals surface area contributed by atoms with Gasteiger partial charge in [0.2, 0.25) is 11.6 Å². The number of aliphatic hydroxyl groups is 1. The van der Waals surface area contributed by atoms with Crippen LogP contribution < -0.4 is 0 Å². The van der Waals surface area contributed by atoms with Gasteiger partial charge < -0.3 is 9.84 Å². The summed E-state index contributed by atoms with van der Waals surface area (Å²) in [6, 6.07) is 0. The van der Waals surface area contributed by atoms with Gasteiger partial charge in [0.05, 0.1) is 0 Å². The van der Waals surface area contributed by atoms with E-state index >= 15 is 0 Å². The Morgan fingerprint density at radius 2 is 1.80 bits per heavy atom. The van der Waals surface area contributed by atoms with Crippen molar-refractivity contribution < 1.29 is 24.2 Å². The van der Waals surface area contributed by atoms with Gasteiger partial charge in [-0.3, -0.25) is 14.4 Å². The van der Waals surface area contributed by atoms with Gasteiger partial charge in [0.15, 0.2) is 0 Å². The number of carbonyl (C=O) groups is 3. The van der Waals surface area contributed by atoms with Gasteiger partial charge in [-0.2, -0.15) is 0 Å². The Kier molecular flexibility index (Phi) is 3.20. The van der Waals surface area contributed by atoms with Gasteiger partial charge in [-0.15, -0.1) is 0 Å². The number of hydrogen-bond acceptors (Lipinski definition) is 5. The minimum atomic E-state index is -1.07. The molecule has 0 radical (unpaired) electrons. The summed E-state index contributed by atoms with van der Waals surface area (Å²) < 4.78 is 5.64. The molecule has 0 aromatic heterocycles. The molecule has 3 aliphatic carbocycles. The first kappa shape index (κ1) is 16.6. The highest BCUT2D eigenvalue weighted by Gasteiger charge is 2.67. The molecule has 5 rings (SSSR count). The maximum atomic E-state index is 13.1. The molecule has 5 heteroatoms. The van der Waals surface area contributed by atoms with Crippen LogP contribution in [0.2, 0.25) is 0 Å². The number of fused-ring (bicyclic) bond motifs is 1. The molecule has 0 aromatic rings. The van der Waals surface area contributed by atoms with E-state index in [2.05, 4.69) is 13.8 Å². The lowest BCUT2D eigenvalue weighted by molar-refractivity contribution is -0.189. The molecule has 1 N–H and O–H groups in total. The Hall–Kier alpha value is -1.91. The van der Waals surface area contributed by atoms with E-state index < -0.39 is 23.1 Å². The minimum absolute atomic E-state index is 0.0381. The predicted molar refractivity (Wildman–Crippen MR) is 89.6 cm³/mol. The van der Waals surface area contributed by atoms with Crippen molar-refractivity contribution in [2.75, 3.05) is 0 Å². The monoisotopic (exact) mass is 344 g/mol. The Labute approximate surface area is 147 Å². The highest BCUT2D eigenvalue weighted by Crippen LogP contribution is 2.64. The Morgan fingerprint density at radius 3 is 2.44 bits per heavy atom. The van der Waals surface area contributed by atoms with Gasteiger partial charge in [-0.05, 0) is 36.5 Å². The van der Waals surface area contributed by atoms with Crippen LogP contribution in [0.25, 0.3) is 0 Å². The molecular weight excluding hydrogens is 320 g/mol. The van der Waals surface area contributed by atoms with Crippen LogP contribution in [0.1, 0.15) is 53.4 Å². The van der Waals surface area contributed by atoms with E-state index in [0.29, 0.717) is 18.4 Å². The maximum Gasteiger partial charge on any atom is 0.317 e. The molecule has 2 heterocycles. The fourth-order valence-corrected chi connectivity index (χ4v) is 5.70. The van der Waals surface area contributed by atoms with E-state index in [-0.39, 0.29) is 40.1 Å². The highest BCUT2D eigenvalue weighted by atomic mass is 16.5. The Bertz CT molecular complexity index is 782. The number of rotatable bonds is 1. The summed E-state index contributed by atoms with van der Waals surface area (Å²) in [7, 11) is 0. The summed E-state index contributed by atoms with van der Waals surface area (Å²) in [4.78, 5) is 38.7. The van der Waals surface area contributed by atoms with Crippen LogP contribution in [0.5, 0.6) is 0 Å². The van der Waals surface area contributed by atoms with Crippen molar-refractivity contribution in [3.63, 3.8) is 0 Å². The molecule has 2 bridgehead atoms. The van der Waals surface area contributed by atoms with E-state index in [4.69, 9.17) is 4.74 Å². The van der Waals surface area contributed by atoms with Gasteiger partial charge in [0, 0.05) is 16.7 Å². The molecule has 5 aliphatic rings. The summed E-state index contributed by atoms with van der Waals surface area (Å²) in [5, 5.41) is 10.8. The van der Waals surface area contributed by atoms with Crippen LogP contribution >= 0.6 is 0 Å². The zero-order chi connectivity index (χ0) is 18.3. The largest absolute Gasteiger partial charge is 0.507 e. The third kappa shape index (κ3) is 1.81. The van der Waals surface area contributed by atoms with Gasteiger partial charge in [-0.1, -0.05) is 34.1 Å². The molecule has 2 fully saturated rings. The van der Waals surface area contributed by atoms with Crippen molar-refractivity contribution in [2.24, 2.45) is 22.7 Å². The fourth-order valence-electron chi connectivity index (χ4n) is 5.70. The quantitative estimate of drug-likeness (QED) is 0.449. The average Bonchev–Trinajstić information content (AvgIpc) is 2.51. The summed E-state index contributed by atoms with van der Waals surface area (Å²) in [5.74, 6) is -2.10. The topological polar surface area (TPSA) is 80.7 Å². The number of carbonyl (C=O) groups excluding carboxylic acids is 3. The summed E-state index contributed by atoms with van der Waals surface area (Å²) in [6.45, 7) is 7.80. The zero-order valence-electron chi connectivity index (χ0n) is 15.1. The summed E-state index contributed by atoms with van der Waals surface area (Å²) >= 11 is 0. The van der Waals surface area contributed by atoms with Crippen molar-refractivity contribution in [1.82, 2.24) is 0 Å². The summed E-state index contributed by atoms with van der Waals surface area (Å²) in [6.07, 6.45) is 2.26. The van der Waals surface area contributed by atoms with E-state index in [0.717, 1.165) is 12.8 Å². The van der Waals surface area contributed by atoms with Crippen LogP contribution in [0.3, 0.4) is 0 Å². The molecular formula is C20H24O5. The molecule has 3 atom stereocenters. The number of allylic oxidation sites excluding steroid dienone is 1. The number of hydrogen-bond donors (Lipinski definition) is 1. The van der Waals surface area contributed by atoms with E-state index in [1.807, 2.05) is 0 Å². The lowest BCUT2D eigenvalue weighted by Gasteiger charge is -2.59. The molecule has 5 nitrogen and oxygen atoms in total. The molecule has 3 unspecified atom stereocenters. The normalized spacial score (nSPS) is 36.6. The van der Waals surface area contributed by atoms with Crippen LogP contribution in [-0.2, 0) is 19.1 Å². The first-order valence-corrected chi connectivity index (χ1v) is 9.11. The highest BCUT2D eigenvalue weighted by molar-refractivity contribution is 6.51. The lowest BCUT2D eigenvalue weighted by Crippen LogP contribution is -2.62. The van der Waals surface area contributed by atoms with Gasteiger partial charge in [-0.25, -0.2) is 0 Å². The summed E-state index contributed by atoms with van der Waals surface area (Å²) in [5.41, 5.74) is -0.397. The molecule has 1 saturated heterocycles. The Balaban J connectivity index is 2.02. The molecule has 0 amide bonds. The first-order valence-electron chi connectivity index (χ1n) is 9.11. The van der Waals surface area contributed by atoms with Gasteiger partial charge in [0.25, 0.3) is 0 Å². The number of ether oxygens (including phenoxy) is 1. The number of aliphatic hydroxyl groups excluding tert-OH is 1. The standard InChI is InChI=1S/C20H24O5/c1-9(2)12-15(21)13-10-8-11-19(3,4)6-5-7-20(11,18(24)25-10)14(13)17(23)16(12)22/h9-11,21H,5-8H2,1-4H3. The molecule has 0 aromatic carbocycles. The van der Waals surface area contributed by atoms with Crippen molar-refractivity contribution in [3.05, 3.63) is 22.5 Å².